The number of anilines is 3. The first-order chi connectivity index (χ1) is 58.4. The van der Waals surface area contributed by atoms with Gasteiger partial charge in [0.25, 0.3) is 27.8 Å². The zero-order valence-electron chi connectivity index (χ0n) is 69.1. The molecule has 38 heteroatoms. The van der Waals surface area contributed by atoms with Crippen molar-refractivity contribution in [1.29, 1.82) is 0 Å². The number of benzene rings is 3. The number of aliphatic hydroxyl groups is 5. The van der Waals surface area contributed by atoms with E-state index in [0.29, 0.717) is 77.2 Å². The number of hydrogen-bond donors (Lipinski definition) is 12. The first kappa shape index (κ1) is 90.5. The normalized spacial score (nSPS) is 25.6. The second kappa shape index (κ2) is 37.7. The van der Waals surface area contributed by atoms with E-state index in [9.17, 15) is 96.7 Å². The largest absolute Gasteiger partial charge is 0.479 e. The van der Waals surface area contributed by atoms with Crippen LogP contribution < -0.4 is 26.2 Å². The predicted octanol–water partition coefficient (Wildman–Crippen LogP) is 4.78. The maximum absolute atomic E-state index is 14.7. The molecule has 3 aliphatic carbocycles. The number of nitrogens with zero attached hydrogens (tertiary/aromatic N) is 8. The van der Waals surface area contributed by atoms with Gasteiger partial charge in [-0.15, -0.1) is 0 Å². The minimum atomic E-state index is -4.43. The number of rotatable bonds is 36. The number of pyridine rings is 1. The van der Waals surface area contributed by atoms with E-state index in [2.05, 4.69) is 40.1 Å². The number of para-hydroxylation sites is 1. The van der Waals surface area contributed by atoms with Crippen molar-refractivity contribution in [2.24, 2.45) is 28.6 Å². The summed E-state index contributed by atoms with van der Waals surface area (Å²) in [5, 5.41) is 89.7. The van der Waals surface area contributed by atoms with E-state index in [0.717, 1.165) is 81.1 Å². The number of aromatic carboxylic acids is 1. The number of aryl methyl sites for hydroxylation is 1. The van der Waals surface area contributed by atoms with Crippen LogP contribution in [0.4, 0.5) is 21.4 Å². The van der Waals surface area contributed by atoms with Gasteiger partial charge in [-0.25, -0.2) is 24.4 Å². The van der Waals surface area contributed by atoms with E-state index in [4.69, 9.17) is 29.0 Å². The van der Waals surface area contributed by atoms with Gasteiger partial charge in [0.15, 0.2) is 16.9 Å². The number of carboxylic acid groups (broad SMARTS) is 2. The van der Waals surface area contributed by atoms with Crippen LogP contribution in [0, 0.1) is 35.5 Å². The van der Waals surface area contributed by atoms with E-state index < -0.39 is 168 Å². The van der Waals surface area contributed by atoms with Crippen molar-refractivity contribution >= 4 is 108 Å². The van der Waals surface area contributed by atoms with E-state index in [1.54, 1.807) is 32.2 Å². The molecule has 0 radical (unpaired) electrons. The lowest BCUT2D eigenvalue weighted by molar-refractivity contribution is -0.228. The fourth-order valence-corrected chi connectivity index (χ4v) is 20.5. The summed E-state index contributed by atoms with van der Waals surface area (Å²) in [5.74, 6) is -8.56. The molecule has 662 valence electrons. The Morgan fingerprint density at radius 1 is 0.829 bits per heavy atom. The maximum Gasteiger partial charge on any atom is 0.410 e. The number of carbonyl (C=O) groups is 10. The number of fused-ring (bicyclic) bond motifs is 4. The number of carbonyl (C=O) groups excluding carboxylic acids is 8. The Morgan fingerprint density at radius 2 is 1.59 bits per heavy atom. The quantitative estimate of drug-likeness (QED) is 0.0143. The Hall–Kier alpha value is -10.3. The van der Waals surface area contributed by atoms with Gasteiger partial charge >= 0.3 is 18.0 Å². The molecule has 5 fully saturated rings. The highest BCUT2D eigenvalue weighted by Crippen LogP contribution is 2.68. The number of aliphatic carboxylic acids is 1. The van der Waals surface area contributed by atoms with Gasteiger partial charge in [0.2, 0.25) is 23.6 Å². The van der Waals surface area contributed by atoms with Gasteiger partial charge in [0.05, 0.1) is 79.0 Å². The molecule has 0 spiro atoms. The number of likely N-dealkylation sites (tertiary alicyclic amines) is 1. The van der Waals surface area contributed by atoms with Crippen molar-refractivity contribution in [1.82, 2.24) is 45.1 Å². The van der Waals surface area contributed by atoms with Crippen molar-refractivity contribution in [3.8, 4) is 11.1 Å². The highest BCUT2D eigenvalue weighted by molar-refractivity contribution is 7.85. The molecule has 3 aromatic carbocycles. The van der Waals surface area contributed by atoms with Gasteiger partial charge in [-0.05, 0) is 178 Å². The summed E-state index contributed by atoms with van der Waals surface area (Å²) in [4.78, 5) is 150. The SMILES string of the molecule is Cc1c(-c2ccc(N3CCc4cccc(C(=O)Nc5nc6ccccc6s5)c4C3)nc2C(=O)O)cnn1CC1CC2(OCCN(CCC[C@H](O)CO)C(=O)OCc3ccc(NC(=O)[C@H](C)NC(=O)[C@@H](NC(=O)CN4C(=O)[C@@H](N5C(=O)C=CC5=O)C[C@H]4COCCS(=O)(=O)O)C(C)C)cc3CC[C@@H]3O[C@H](C(=O)O)[C@@H](O)[C@H](O)[C@H]3O)CC3CC(C)(C2)CC3(C)C1. The third-order valence-electron chi connectivity index (χ3n) is 25.1. The highest BCUT2D eigenvalue weighted by atomic mass is 32.2. The lowest BCUT2D eigenvalue weighted by Gasteiger charge is -2.46. The molecule has 15 atom stereocenters. The second-order valence-corrected chi connectivity index (χ2v) is 37.2. The number of aromatic nitrogens is 4. The van der Waals surface area contributed by atoms with Crippen molar-refractivity contribution in [3.05, 3.63) is 130 Å². The fraction of sp³-hybridized carbons (Fsp3) is 0.541. The Labute approximate surface area is 713 Å². The van der Waals surface area contributed by atoms with Crippen molar-refractivity contribution in [2.75, 3.05) is 73.9 Å². The number of ether oxygens (including phenoxy) is 4. The topological polar surface area (TPSA) is 508 Å². The molecule has 8 amide bonds. The summed E-state index contributed by atoms with van der Waals surface area (Å²) in [6.07, 6.45) is -1.62. The second-order valence-electron chi connectivity index (χ2n) is 34.5. The molecule has 2 saturated heterocycles. The molecule has 5 unspecified atom stereocenters. The zero-order valence-corrected chi connectivity index (χ0v) is 70.8. The van der Waals surface area contributed by atoms with Crippen LogP contribution in [0.25, 0.3) is 21.3 Å². The first-order valence-electron chi connectivity index (χ1n) is 41.4. The molecule has 123 heavy (non-hydrogen) atoms. The van der Waals surface area contributed by atoms with Crippen LogP contribution in [0.1, 0.15) is 148 Å². The Kier molecular flexibility index (Phi) is 27.7. The molecule has 7 heterocycles. The molecule has 4 aliphatic heterocycles. The van der Waals surface area contributed by atoms with Gasteiger partial charge < -0.3 is 85.3 Å². The summed E-state index contributed by atoms with van der Waals surface area (Å²) in [7, 11) is -4.43. The highest BCUT2D eigenvalue weighted by Gasteiger charge is 2.62. The summed E-state index contributed by atoms with van der Waals surface area (Å²) in [6, 6.07) is 16.4. The third-order valence-corrected chi connectivity index (χ3v) is 26.7. The van der Waals surface area contributed by atoms with Crippen LogP contribution in [-0.2, 0) is 95.2 Å². The van der Waals surface area contributed by atoms with Crippen molar-refractivity contribution in [3.63, 3.8) is 0 Å². The minimum absolute atomic E-state index is 0.0363. The van der Waals surface area contributed by atoms with Gasteiger partial charge in [-0.1, -0.05) is 69.4 Å². The number of hydrogen-bond acceptors (Lipinski definition) is 26. The van der Waals surface area contributed by atoms with Crippen LogP contribution in [0.15, 0.2) is 91.1 Å². The van der Waals surface area contributed by atoms with Gasteiger partial charge in [0.1, 0.15) is 48.9 Å². The average molecular weight is 1740 g/mol. The summed E-state index contributed by atoms with van der Waals surface area (Å²) in [6.45, 7) is 10.2. The molecule has 13 rings (SSSR count). The molecule has 3 aromatic heterocycles. The summed E-state index contributed by atoms with van der Waals surface area (Å²) in [5.41, 5.74) is 4.86. The number of nitrogens with one attached hydrogen (secondary N) is 4. The molecule has 3 saturated carbocycles. The summed E-state index contributed by atoms with van der Waals surface area (Å²) < 4.78 is 59.2. The van der Waals surface area contributed by atoms with E-state index in [1.165, 1.54) is 41.4 Å². The molecule has 3 bridgehead atoms. The number of thiazole rings is 1. The van der Waals surface area contributed by atoms with Crippen molar-refractivity contribution in [2.45, 2.75) is 205 Å². The predicted molar refractivity (Wildman–Crippen MR) is 444 cm³/mol. The fourth-order valence-electron chi connectivity index (χ4n) is 19.3. The van der Waals surface area contributed by atoms with Crippen LogP contribution >= 0.6 is 11.3 Å². The zero-order chi connectivity index (χ0) is 88.3. The van der Waals surface area contributed by atoms with E-state index >= 15 is 0 Å². The Bertz CT molecular complexity index is 5130. The van der Waals surface area contributed by atoms with Crippen LogP contribution in [0.5, 0.6) is 0 Å². The standard InChI is InChI=1S/C85H106N12O24S2/c1-46(2)69(91-66(100)40-95-55(43-118-29-30-123(115,116)117)32-62(78(95)109)97-67(101)22-23-68(97)102)77(108)87-47(3)75(106)88-54-18-16-52(51(31-54)17-20-63-71(103)72(104)73(105)74(121-63)80(112)113)42-119-82(114)93(25-10-12-56(99)41-98)27-28-120-85-34-49(33-84(6)44-83(5,45-85)35-53(84)36-85)38-96-48(4)59(37-86-96)57-19-21-65(90-70(57)79(110)111)94-26-24-50-11-9-13-58(60(50)39-94)76(107)92-81-89-61-14-7-8-15-64(61)122-81/h7-9,11,13-16,18-19,21-23,31,37,46-47,49,53,55-56,62-63,69,71-74,98-99,103-105H,10,12,17,20,24-30,32-36,38-45H2,1-6H3,(H,87,108)(H,88,106)(H,91,100)(H,110,111)(H,112,113)(H,89,92,107)(H,115,116,117)/t47-,49?,53?,55-,56-,62-,63-,69-,71-,72+,73-,74-,83?,84?,85?/m0/s1. The smallest absolute Gasteiger partial charge is 0.410 e. The molecule has 6 aromatic rings. The number of carboxylic acids is 2. The molecule has 12 N–H and O–H groups in total. The molecule has 7 aliphatic rings. The van der Waals surface area contributed by atoms with Crippen molar-refractivity contribution < 1.29 is 116 Å². The van der Waals surface area contributed by atoms with Crippen LogP contribution in [0.3, 0.4) is 0 Å². The van der Waals surface area contributed by atoms with Gasteiger partial charge in [-0.2, -0.15) is 13.5 Å². The minimum Gasteiger partial charge on any atom is -0.479 e. The average Bonchev–Trinajstić information content (AvgIpc) is 1.56. The Morgan fingerprint density at radius 3 is 2.32 bits per heavy atom. The number of aliphatic hydroxyl groups excluding tert-OH is 5. The molecule has 36 nitrogen and oxygen atoms in total. The molecular formula is C85H106N12O24S2. The van der Waals surface area contributed by atoms with E-state index in [-0.39, 0.29) is 92.4 Å². The number of amides is 8. The first-order valence-corrected chi connectivity index (χ1v) is 43.8. The van der Waals surface area contributed by atoms with Gasteiger partial charge in [0, 0.05) is 79.4 Å². The lowest BCUT2D eigenvalue weighted by Crippen LogP contribution is -2.59. The van der Waals surface area contributed by atoms with Crippen LogP contribution in [0.2, 0.25) is 0 Å². The lowest BCUT2D eigenvalue weighted by atomic mass is 9.67. The maximum atomic E-state index is 14.7. The third kappa shape index (κ3) is 20.7. The van der Waals surface area contributed by atoms with E-state index in [1.807, 2.05) is 59.0 Å². The van der Waals surface area contributed by atoms with Gasteiger partial charge in [-0.3, -0.25) is 53.0 Å². The number of imide groups is 1. The Balaban J connectivity index is 0.671. The monoisotopic (exact) mass is 1740 g/mol. The molecular weight excluding hydrogens is 1640 g/mol. The summed E-state index contributed by atoms with van der Waals surface area (Å²) >= 11 is 1.39. The van der Waals surface area contributed by atoms with Crippen LogP contribution in [-0.4, -0.2) is 267 Å².